The minimum absolute atomic E-state index is 0.622. The van der Waals surface area contributed by atoms with Crippen LogP contribution in [-0.2, 0) is 19.8 Å². The fourth-order valence-corrected chi connectivity index (χ4v) is 6.38. The number of aromatic nitrogens is 2. The quantitative estimate of drug-likeness (QED) is 0.458. The Labute approximate surface area is 165 Å². The molecule has 0 saturated heterocycles. The van der Waals surface area contributed by atoms with Crippen LogP contribution in [0.15, 0.2) is 24.5 Å². The maximum atomic E-state index is 5.97. The summed E-state index contributed by atoms with van der Waals surface area (Å²) in [5.41, 5.74) is 5.18. The van der Waals surface area contributed by atoms with E-state index in [1.165, 1.54) is 22.3 Å². The molecule has 0 radical (unpaired) electrons. The molecule has 1 aromatic heterocycles. The Bertz CT molecular complexity index is 690. The molecule has 0 saturated carbocycles. The third-order valence-corrected chi connectivity index (χ3v) is 7.80. The second-order valence-electron chi connectivity index (χ2n) is 6.86. The molecule has 2 aromatic rings. The number of rotatable bonds is 11. The van der Waals surface area contributed by atoms with Gasteiger partial charge in [-0.15, -0.1) is 0 Å². The summed E-state index contributed by atoms with van der Waals surface area (Å²) in [7, 11) is -2.58. The SMILES string of the molecule is CCO[Si](CCC[n+]1cc[nH]c1-c1c(C)cc(C)cc1C)(OCC)OCC. The van der Waals surface area contributed by atoms with E-state index in [0.29, 0.717) is 19.8 Å². The molecule has 150 valence electrons. The van der Waals surface area contributed by atoms with Gasteiger partial charge in [0.05, 0.1) is 12.1 Å². The molecule has 0 fully saturated rings. The summed E-state index contributed by atoms with van der Waals surface area (Å²) in [5, 5.41) is 0. The molecule has 2 rings (SSSR count). The van der Waals surface area contributed by atoms with Gasteiger partial charge in [0.15, 0.2) is 0 Å². The molecule has 5 nitrogen and oxygen atoms in total. The van der Waals surface area contributed by atoms with E-state index >= 15 is 0 Å². The summed E-state index contributed by atoms with van der Waals surface area (Å²) in [5.74, 6) is 1.15. The third kappa shape index (κ3) is 5.51. The van der Waals surface area contributed by atoms with Gasteiger partial charge in [-0.25, -0.2) is 9.55 Å². The molecule has 0 aliphatic carbocycles. The molecule has 6 heteroatoms. The molecule has 0 spiro atoms. The van der Waals surface area contributed by atoms with E-state index in [1.807, 2.05) is 27.0 Å². The molecule has 0 amide bonds. The van der Waals surface area contributed by atoms with Gasteiger partial charge in [0.25, 0.3) is 5.82 Å². The topological polar surface area (TPSA) is 47.4 Å². The first kappa shape index (κ1) is 21.8. The number of imidazole rings is 1. The standard InChI is InChI=1S/C21H34N2O3Si/c1-7-24-27(25-8-2,26-9-3)14-10-12-23-13-11-22-21(23)20-18(5)15-17(4)16-19(20)6/h11,13,15-16H,7-10,12,14H2,1-6H3/p+1. The first-order valence-electron chi connectivity index (χ1n) is 10.0. The monoisotopic (exact) mass is 391 g/mol. The lowest BCUT2D eigenvalue weighted by atomic mass is 9.99. The van der Waals surface area contributed by atoms with Crippen molar-refractivity contribution in [3.05, 3.63) is 41.2 Å². The highest BCUT2D eigenvalue weighted by atomic mass is 28.4. The number of hydrogen-bond acceptors (Lipinski definition) is 3. The zero-order chi connectivity index (χ0) is 19.9. The van der Waals surface area contributed by atoms with Gasteiger partial charge >= 0.3 is 8.80 Å². The first-order valence-corrected chi connectivity index (χ1v) is 12.0. The van der Waals surface area contributed by atoms with Crippen molar-refractivity contribution >= 4 is 8.80 Å². The van der Waals surface area contributed by atoms with Crippen molar-refractivity contribution in [2.75, 3.05) is 19.8 Å². The number of H-pyrrole nitrogens is 1. The average Bonchev–Trinajstić information content (AvgIpc) is 3.03. The van der Waals surface area contributed by atoms with Crippen molar-refractivity contribution < 1.29 is 17.8 Å². The average molecular weight is 392 g/mol. The van der Waals surface area contributed by atoms with Crippen LogP contribution in [0.25, 0.3) is 11.4 Å². The van der Waals surface area contributed by atoms with Crippen LogP contribution in [0.5, 0.6) is 0 Å². The largest absolute Gasteiger partial charge is 0.501 e. The fourth-order valence-electron chi connectivity index (χ4n) is 3.79. The molecule has 0 aliphatic rings. The van der Waals surface area contributed by atoms with Gasteiger partial charge in [0, 0.05) is 25.9 Å². The van der Waals surface area contributed by atoms with E-state index in [9.17, 15) is 0 Å². The van der Waals surface area contributed by atoms with Gasteiger partial charge in [-0.05, 0) is 59.1 Å². The maximum absolute atomic E-state index is 5.97. The van der Waals surface area contributed by atoms with Crippen LogP contribution in [-0.4, -0.2) is 33.6 Å². The number of hydrogen-bond donors (Lipinski definition) is 1. The summed E-state index contributed by atoms with van der Waals surface area (Å²) >= 11 is 0. The Morgan fingerprint density at radius 3 is 2.00 bits per heavy atom. The van der Waals surface area contributed by atoms with Gasteiger partial charge < -0.3 is 13.3 Å². The molecule has 1 aromatic carbocycles. The number of aryl methyl sites for hydroxylation is 4. The number of benzene rings is 1. The molecule has 1 N–H and O–H groups in total. The van der Waals surface area contributed by atoms with Gasteiger partial charge in [0.1, 0.15) is 12.4 Å². The summed E-state index contributed by atoms with van der Waals surface area (Å²) < 4.78 is 20.2. The lowest BCUT2D eigenvalue weighted by Gasteiger charge is -2.28. The maximum Gasteiger partial charge on any atom is 0.501 e. The van der Waals surface area contributed by atoms with Crippen LogP contribution in [0.2, 0.25) is 6.04 Å². The molecule has 0 aliphatic heterocycles. The molecule has 0 bridgehead atoms. The van der Waals surface area contributed by atoms with E-state index in [0.717, 1.165) is 24.8 Å². The van der Waals surface area contributed by atoms with Crippen LogP contribution in [0.4, 0.5) is 0 Å². The zero-order valence-electron chi connectivity index (χ0n) is 17.7. The van der Waals surface area contributed by atoms with Crippen molar-refractivity contribution in [1.29, 1.82) is 0 Å². The van der Waals surface area contributed by atoms with E-state index in [1.54, 1.807) is 0 Å². The molecule has 27 heavy (non-hydrogen) atoms. The predicted octanol–water partition coefficient (Wildman–Crippen LogP) is 4.33. The van der Waals surface area contributed by atoms with E-state index in [4.69, 9.17) is 13.3 Å². The molecular weight excluding hydrogens is 356 g/mol. The summed E-state index contributed by atoms with van der Waals surface area (Å²) in [4.78, 5) is 3.43. The van der Waals surface area contributed by atoms with Crippen molar-refractivity contribution in [3.8, 4) is 11.4 Å². The predicted molar refractivity (Wildman–Crippen MR) is 111 cm³/mol. The zero-order valence-corrected chi connectivity index (χ0v) is 18.7. The van der Waals surface area contributed by atoms with Crippen LogP contribution < -0.4 is 4.57 Å². The Morgan fingerprint density at radius 2 is 1.48 bits per heavy atom. The van der Waals surface area contributed by atoms with Gasteiger partial charge in [-0.3, -0.25) is 0 Å². The lowest BCUT2D eigenvalue weighted by molar-refractivity contribution is -0.684. The van der Waals surface area contributed by atoms with E-state index in [2.05, 4.69) is 48.7 Å². The highest BCUT2D eigenvalue weighted by Gasteiger charge is 2.40. The van der Waals surface area contributed by atoms with Gasteiger partial charge in [-0.2, -0.15) is 0 Å². The van der Waals surface area contributed by atoms with Gasteiger partial charge in [0.2, 0.25) is 0 Å². The van der Waals surface area contributed by atoms with Gasteiger partial charge in [-0.1, -0.05) is 17.7 Å². The normalized spacial score (nSPS) is 11.9. The molecular formula is C21H35N2O3Si+. The Morgan fingerprint density at radius 1 is 0.926 bits per heavy atom. The van der Waals surface area contributed by atoms with Crippen molar-refractivity contribution in [1.82, 2.24) is 4.98 Å². The van der Waals surface area contributed by atoms with Crippen LogP contribution in [0.3, 0.4) is 0 Å². The minimum Gasteiger partial charge on any atom is -0.374 e. The van der Waals surface area contributed by atoms with E-state index < -0.39 is 8.80 Å². The fraction of sp³-hybridized carbons (Fsp3) is 0.571. The van der Waals surface area contributed by atoms with E-state index in [-0.39, 0.29) is 0 Å². The molecule has 1 heterocycles. The first-order chi connectivity index (χ1) is 13.0. The van der Waals surface area contributed by atoms with Crippen LogP contribution in [0, 0.1) is 20.8 Å². The second kappa shape index (κ2) is 10.2. The Kier molecular flexibility index (Phi) is 8.22. The lowest BCUT2D eigenvalue weighted by Crippen LogP contribution is -2.47. The summed E-state index contributed by atoms with van der Waals surface area (Å²) in [6.07, 6.45) is 5.07. The third-order valence-electron chi connectivity index (χ3n) is 4.65. The highest BCUT2D eigenvalue weighted by molar-refractivity contribution is 6.60. The van der Waals surface area contributed by atoms with Crippen molar-refractivity contribution in [2.45, 2.75) is 60.6 Å². The number of nitrogens with zero attached hydrogens (tertiary/aromatic N) is 1. The molecule has 0 atom stereocenters. The van der Waals surface area contributed by atoms with Crippen molar-refractivity contribution in [3.63, 3.8) is 0 Å². The number of aromatic amines is 1. The highest BCUT2D eigenvalue weighted by Crippen LogP contribution is 2.25. The number of nitrogens with one attached hydrogen (secondary N) is 1. The summed E-state index contributed by atoms with van der Waals surface area (Å²) in [6, 6.07) is 5.31. The Balaban J connectivity index is 2.15. The van der Waals surface area contributed by atoms with Crippen LogP contribution >= 0.6 is 0 Å². The smallest absolute Gasteiger partial charge is 0.374 e. The minimum atomic E-state index is -2.58. The van der Waals surface area contributed by atoms with Crippen LogP contribution in [0.1, 0.15) is 43.9 Å². The molecule has 0 unspecified atom stereocenters. The second-order valence-corrected chi connectivity index (χ2v) is 9.59. The Hall–Kier alpha value is -1.47. The van der Waals surface area contributed by atoms with Crippen molar-refractivity contribution in [2.24, 2.45) is 0 Å². The summed E-state index contributed by atoms with van der Waals surface area (Å²) in [6.45, 7) is 15.3.